The second kappa shape index (κ2) is 4.61. The van der Waals surface area contributed by atoms with Crippen molar-refractivity contribution < 1.29 is 8.42 Å². The third-order valence-corrected chi connectivity index (χ3v) is 5.32. The molecule has 90 valence electrons. The van der Waals surface area contributed by atoms with Gasteiger partial charge in [0.2, 0.25) is 0 Å². The number of halogens is 3. The molecule has 2 rings (SSSR count). The number of hydrogen-bond acceptors (Lipinski definition) is 3. The van der Waals surface area contributed by atoms with Crippen LogP contribution in [-0.2, 0) is 10.0 Å². The number of hydrogen-bond donors (Lipinski definition) is 0. The molecule has 0 aliphatic rings. The Morgan fingerprint density at radius 1 is 1.24 bits per heavy atom. The van der Waals surface area contributed by atoms with Crippen LogP contribution < -0.4 is 0 Å². The smallest absolute Gasteiger partial charge is 0.244 e. The number of rotatable bonds is 2. The van der Waals surface area contributed by atoms with Crippen LogP contribution in [-0.4, -0.2) is 17.4 Å². The van der Waals surface area contributed by atoms with E-state index < -0.39 is 10.0 Å². The quantitative estimate of drug-likeness (QED) is 0.777. The molecule has 1 aromatic heterocycles. The maximum Gasteiger partial charge on any atom is 0.270 e. The van der Waals surface area contributed by atoms with Crippen LogP contribution >= 0.6 is 39.1 Å². The average molecular weight is 356 g/mol. The van der Waals surface area contributed by atoms with Gasteiger partial charge in [0.1, 0.15) is 11.2 Å². The molecule has 1 aromatic carbocycles. The Labute approximate surface area is 116 Å². The third-order valence-electron chi connectivity index (χ3n) is 2.01. The van der Waals surface area contributed by atoms with Gasteiger partial charge in [0, 0.05) is 16.9 Å². The van der Waals surface area contributed by atoms with Gasteiger partial charge < -0.3 is 0 Å². The number of nitrogens with zero attached hydrogens (tertiary/aromatic N) is 2. The fourth-order valence-corrected chi connectivity index (χ4v) is 3.88. The molecule has 8 heteroatoms. The lowest BCUT2D eigenvalue weighted by Gasteiger charge is -2.08. The maximum absolute atomic E-state index is 12.2. The summed E-state index contributed by atoms with van der Waals surface area (Å²) >= 11 is 14.7. The Balaban J connectivity index is 2.67. The summed E-state index contributed by atoms with van der Waals surface area (Å²) in [6.07, 6.45) is 3.91. The van der Waals surface area contributed by atoms with Crippen molar-refractivity contribution in [2.75, 3.05) is 0 Å². The van der Waals surface area contributed by atoms with Crippen LogP contribution in [0.3, 0.4) is 0 Å². The van der Waals surface area contributed by atoms with Gasteiger partial charge in [0.05, 0.1) is 10.0 Å². The molecule has 1 heterocycles. The van der Waals surface area contributed by atoms with E-state index in [4.69, 9.17) is 23.2 Å². The first kappa shape index (κ1) is 12.9. The summed E-state index contributed by atoms with van der Waals surface area (Å²) in [6.45, 7) is 0. The maximum atomic E-state index is 12.2. The van der Waals surface area contributed by atoms with E-state index in [0.29, 0.717) is 4.47 Å². The van der Waals surface area contributed by atoms with E-state index in [1.807, 2.05) is 0 Å². The first-order valence-electron chi connectivity index (χ1n) is 4.31. The zero-order valence-electron chi connectivity index (χ0n) is 8.14. The third kappa shape index (κ3) is 2.35. The molecule has 0 spiro atoms. The summed E-state index contributed by atoms with van der Waals surface area (Å²) in [5.41, 5.74) is 0. The second-order valence-electron chi connectivity index (χ2n) is 3.09. The van der Waals surface area contributed by atoms with Crippen molar-refractivity contribution in [3.63, 3.8) is 0 Å². The number of benzene rings is 1. The molecular formula is C9H5BrCl2N2O2S. The molecule has 0 saturated carbocycles. The molecule has 0 unspecified atom stereocenters. The molecule has 4 nitrogen and oxygen atoms in total. The number of imidazole rings is 1. The SMILES string of the molecule is O=S(=O)(c1cc(Cl)c(Cl)cc1Br)n1ccnc1. The Morgan fingerprint density at radius 3 is 2.47 bits per heavy atom. The minimum Gasteiger partial charge on any atom is -0.244 e. The Morgan fingerprint density at radius 2 is 1.88 bits per heavy atom. The minimum absolute atomic E-state index is 0.0323. The van der Waals surface area contributed by atoms with Gasteiger partial charge in [0.25, 0.3) is 10.0 Å². The predicted octanol–water partition coefficient (Wildman–Crippen LogP) is 3.19. The molecule has 0 N–H and O–H groups in total. The summed E-state index contributed by atoms with van der Waals surface area (Å²) < 4.78 is 25.7. The predicted molar refractivity (Wildman–Crippen MR) is 69.0 cm³/mol. The normalized spacial score (nSPS) is 11.7. The van der Waals surface area contributed by atoms with Gasteiger partial charge in [-0.1, -0.05) is 23.2 Å². The lowest BCUT2D eigenvalue weighted by Crippen LogP contribution is -2.11. The fourth-order valence-electron chi connectivity index (χ4n) is 1.20. The van der Waals surface area contributed by atoms with Crippen LogP contribution in [0.5, 0.6) is 0 Å². The van der Waals surface area contributed by atoms with Gasteiger partial charge in [-0.15, -0.1) is 0 Å². The molecule has 0 amide bonds. The van der Waals surface area contributed by atoms with E-state index in [1.54, 1.807) is 0 Å². The lowest BCUT2D eigenvalue weighted by atomic mass is 10.4. The largest absolute Gasteiger partial charge is 0.270 e. The van der Waals surface area contributed by atoms with Crippen molar-refractivity contribution in [3.05, 3.63) is 45.4 Å². The Kier molecular flexibility index (Phi) is 3.49. The molecule has 0 fully saturated rings. The van der Waals surface area contributed by atoms with Crippen LogP contribution in [0.25, 0.3) is 0 Å². The summed E-state index contributed by atoms with van der Waals surface area (Å²) in [6, 6.07) is 2.73. The first-order chi connectivity index (χ1) is 7.93. The van der Waals surface area contributed by atoms with Crippen molar-refractivity contribution in [2.24, 2.45) is 0 Å². The minimum atomic E-state index is -3.70. The van der Waals surface area contributed by atoms with E-state index in [0.717, 1.165) is 3.97 Å². The highest BCUT2D eigenvalue weighted by atomic mass is 79.9. The topological polar surface area (TPSA) is 52.0 Å². The van der Waals surface area contributed by atoms with Gasteiger partial charge in [-0.2, -0.15) is 0 Å². The van der Waals surface area contributed by atoms with Gasteiger partial charge in [-0.3, -0.25) is 0 Å². The molecule has 0 saturated heterocycles. The fraction of sp³-hybridized carbons (Fsp3) is 0. The van der Waals surface area contributed by atoms with Crippen LogP contribution in [0.2, 0.25) is 10.0 Å². The molecule has 0 aliphatic heterocycles. The van der Waals surface area contributed by atoms with Gasteiger partial charge in [-0.05, 0) is 28.1 Å². The molecule has 0 bridgehead atoms. The van der Waals surface area contributed by atoms with Crippen LogP contribution in [0.1, 0.15) is 0 Å². The molecular weight excluding hydrogens is 351 g/mol. The molecule has 0 radical (unpaired) electrons. The lowest BCUT2D eigenvalue weighted by molar-refractivity contribution is 0.586. The molecule has 2 aromatic rings. The standard InChI is InChI=1S/C9H5BrCl2N2O2S/c10-6-3-7(11)8(12)4-9(6)17(15,16)14-2-1-13-5-14/h1-5H. The summed E-state index contributed by atoms with van der Waals surface area (Å²) in [4.78, 5) is 3.73. The number of aromatic nitrogens is 2. The Bertz CT molecular complexity index is 656. The molecule has 17 heavy (non-hydrogen) atoms. The monoisotopic (exact) mass is 354 g/mol. The highest BCUT2D eigenvalue weighted by Gasteiger charge is 2.21. The van der Waals surface area contributed by atoms with E-state index in [2.05, 4.69) is 20.9 Å². The van der Waals surface area contributed by atoms with Crippen molar-refractivity contribution in [1.29, 1.82) is 0 Å². The molecule has 0 aliphatic carbocycles. The van der Waals surface area contributed by atoms with Crippen LogP contribution in [0.4, 0.5) is 0 Å². The van der Waals surface area contributed by atoms with Gasteiger partial charge in [-0.25, -0.2) is 17.4 Å². The van der Waals surface area contributed by atoms with Gasteiger partial charge in [0.15, 0.2) is 0 Å². The summed E-state index contributed by atoms with van der Waals surface area (Å²) in [5, 5.41) is 0.455. The summed E-state index contributed by atoms with van der Waals surface area (Å²) in [5.74, 6) is 0. The van der Waals surface area contributed by atoms with E-state index >= 15 is 0 Å². The second-order valence-corrected chi connectivity index (χ2v) is 6.57. The van der Waals surface area contributed by atoms with Crippen LogP contribution in [0, 0.1) is 0 Å². The van der Waals surface area contributed by atoms with E-state index in [9.17, 15) is 8.42 Å². The highest BCUT2D eigenvalue weighted by molar-refractivity contribution is 9.10. The average Bonchev–Trinajstić information content (AvgIpc) is 2.77. The summed E-state index contributed by atoms with van der Waals surface area (Å²) in [7, 11) is -3.70. The van der Waals surface area contributed by atoms with Gasteiger partial charge >= 0.3 is 0 Å². The van der Waals surface area contributed by atoms with E-state index in [-0.39, 0.29) is 14.9 Å². The van der Waals surface area contributed by atoms with Crippen molar-refractivity contribution in [3.8, 4) is 0 Å². The highest BCUT2D eigenvalue weighted by Crippen LogP contribution is 2.32. The zero-order valence-corrected chi connectivity index (χ0v) is 12.1. The first-order valence-corrected chi connectivity index (χ1v) is 7.30. The Hall–Kier alpha value is -0.560. The molecule has 0 atom stereocenters. The van der Waals surface area contributed by atoms with Crippen LogP contribution in [0.15, 0.2) is 40.2 Å². The van der Waals surface area contributed by atoms with Crippen molar-refractivity contribution >= 4 is 49.2 Å². The van der Waals surface area contributed by atoms with E-state index in [1.165, 1.54) is 30.9 Å². The van der Waals surface area contributed by atoms with Crippen molar-refractivity contribution in [2.45, 2.75) is 4.90 Å². The zero-order chi connectivity index (χ0) is 12.6. The van der Waals surface area contributed by atoms with Crippen molar-refractivity contribution in [1.82, 2.24) is 8.96 Å².